The van der Waals surface area contributed by atoms with Gasteiger partial charge >= 0.3 is 5.97 Å². The van der Waals surface area contributed by atoms with E-state index in [1.807, 2.05) is 30.3 Å². The van der Waals surface area contributed by atoms with Crippen molar-refractivity contribution in [1.29, 1.82) is 0 Å². The standard InChI is InChI=1S/C15H24O.C3H4O2/c1-2-3-4-5-6-7-11-14-16-15-12-9-8-10-13-15;1-2-3(4)5/h8-10,12-13H,2-7,11,14H2,1H3;2H,1H2,(H,4,5). The number of carboxylic acid groups (broad SMARTS) is 1. The van der Waals surface area contributed by atoms with E-state index in [-0.39, 0.29) is 0 Å². The number of benzene rings is 1. The summed E-state index contributed by atoms with van der Waals surface area (Å²) in [6.45, 7) is 6.08. The third-order valence-corrected chi connectivity index (χ3v) is 2.93. The molecule has 1 aromatic carbocycles. The van der Waals surface area contributed by atoms with Gasteiger partial charge in [0.2, 0.25) is 0 Å². The lowest BCUT2D eigenvalue weighted by molar-refractivity contribution is -0.131. The molecule has 0 saturated heterocycles. The van der Waals surface area contributed by atoms with Gasteiger partial charge in [-0.05, 0) is 18.6 Å². The molecule has 0 radical (unpaired) electrons. The lowest BCUT2D eigenvalue weighted by Crippen LogP contribution is -1.96. The fourth-order valence-corrected chi connectivity index (χ4v) is 1.77. The van der Waals surface area contributed by atoms with Crippen molar-refractivity contribution in [2.45, 2.75) is 51.9 Å². The van der Waals surface area contributed by atoms with E-state index in [0.717, 1.165) is 18.4 Å². The molecule has 1 aromatic rings. The number of para-hydroxylation sites is 1. The third-order valence-electron chi connectivity index (χ3n) is 2.93. The molecular formula is C18H28O3. The minimum atomic E-state index is -0.981. The van der Waals surface area contributed by atoms with Crippen LogP contribution in [0.4, 0.5) is 0 Å². The van der Waals surface area contributed by atoms with Crippen LogP contribution in [0.15, 0.2) is 43.0 Å². The maximum Gasteiger partial charge on any atom is 0.327 e. The van der Waals surface area contributed by atoms with Crippen LogP contribution in [0.1, 0.15) is 51.9 Å². The summed E-state index contributed by atoms with van der Waals surface area (Å²) in [5, 5.41) is 7.60. The zero-order chi connectivity index (χ0) is 15.8. The van der Waals surface area contributed by atoms with Gasteiger partial charge in [0.1, 0.15) is 5.75 Å². The number of ether oxygens (including phenoxy) is 1. The Bertz CT molecular complexity index is 360. The van der Waals surface area contributed by atoms with Gasteiger partial charge in [0, 0.05) is 6.08 Å². The highest BCUT2D eigenvalue weighted by Gasteiger charge is 1.93. The molecule has 0 fully saturated rings. The lowest BCUT2D eigenvalue weighted by atomic mass is 10.1. The van der Waals surface area contributed by atoms with Crippen LogP contribution in [-0.4, -0.2) is 17.7 Å². The summed E-state index contributed by atoms with van der Waals surface area (Å²) in [4.78, 5) is 9.25. The van der Waals surface area contributed by atoms with Gasteiger partial charge in [-0.15, -0.1) is 0 Å². The van der Waals surface area contributed by atoms with Crippen LogP contribution in [0.3, 0.4) is 0 Å². The molecule has 1 N–H and O–H groups in total. The summed E-state index contributed by atoms with van der Waals surface area (Å²) in [5.41, 5.74) is 0. The second kappa shape index (κ2) is 14.6. The summed E-state index contributed by atoms with van der Waals surface area (Å²) in [7, 11) is 0. The topological polar surface area (TPSA) is 46.5 Å². The van der Waals surface area contributed by atoms with Crippen LogP contribution >= 0.6 is 0 Å². The number of aliphatic carboxylic acids is 1. The van der Waals surface area contributed by atoms with Crippen LogP contribution in [0.25, 0.3) is 0 Å². The Morgan fingerprint density at radius 3 is 2.14 bits per heavy atom. The van der Waals surface area contributed by atoms with Crippen molar-refractivity contribution in [2.75, 3.05) is 6.61 Å². The van der Waals surface area contributed by atoms with E-state index in [9.17, 15) is 4.79 Å². The fourth-order valence-electron chi connectivity index (χ4n) is 1.77. The first-order valence-electron chi connectivity index (χ1n) is 7.74. The van der Waals surface area contributed by atoms with Gasteiger partial charge in [-0.1, -0.05) is 70.2 Å². The molecule has 0 atom stereocenters. The first-order valence-corrected chi connectivity index (χ1v) is 7.74. The Kier molecular flexibility index (Phi) is 13.4. The van der Waals surface area contributed by atoms with Gasteiger partial charge in [0.05, 0.1) is 6.61 Å². The normalized spacial score (nSPS) is 9.38. The Labute approximate surface area is 128 Å². The molecule has 3 heteroatoms. The van der Waals surface area contributed by atoms with Crippen LogP contribution in [0, 0.1) is 0 Å². The molecule has 0 saturated carbocycles. The molecule has 3 nitrogen and oxygen atoms in total. The van der Waals surface area contributed by atoms with Crippen LogP contribution in [-0.2, 0) is 4.79 Å². The molecule has 0 amide bonds. The van der Waals surface area contributed by atoms with E-state index in [1.54, 1.807) is 0 Å². The number of carbonyl (C=O) groups is 1. The highest BCUT2D eigenvalue weighted by Crippen LogP contribution is 2.10. The second-order valence-corrected chi connectivity index (χ2v) is 4.83. The van der Waals surface area contributed by atoms with Gasteiger partial charge in [-0.2, -0.15) is 0 Å². The Morgan fingerprint density at radius 1 is 1.10 bits per heavy atom. The fraction of sp³-hybridized carbons (Fsp3) is 0.500. The minimum absolute atomic E-state index is 0.833. The van der Waals surface area contributed by atoms with E-state index in [1.165, 1.54) is 44.9 Å². The van der Waals surface area contributed by atoms with Gasteiger partial charge in [-0.25, -0.2) is 4.79 Å². The minimum Gasteiger partial charge on any atom is -0.494 e. The quantitative estimate of drug-likeness (QED) is 0.483. The van der Waals surface area contributed by atoms with Gasteiger partial charge in [-0.3, -0.25) is 0 Å². The maximum atomic E-state index is 9.25. The molecule has 0 spiro atoms. The highest BCUT2D eigenvalue weighted by atomic mass is 16.5. The maximum absolute atomic E-state index is 9.25. The summed E-state index contributed by atoms with van der Waals surface area (Å²) < 4.78 is 5.63. The summed E-state index contributed by atoms with van der Waals surface area (Å²) in [6.07, 6.45) is 10.2. The van der Waals surface area contributed by atoms with E-state index in [2.05, 4.69) is 13.5 Å². The molecule has 118 valence electrons. The van der Waals surface area contributed by atoms with Gasteiger partial charge in [0.25, 0.3) is 0 Å². The van der Waals surface area contributed by atoms with E-state index >= 15 is 0 Å². The van der Waals surface area contributed by atoms with E-state index < -0.39 is 5.97 Å². The Balaban J connectivity index is 0.000000690. The molecule has 0 aliphatic heterocycles. The van der Waals surface area contributed by atoms with Crippen LogP contribution in [0.5, 0.6) is 5.75 Å². The van der Waals surface area contributed by atoms with Crippen molar-refractivity contribution in [2.24, 2.45) is 0 Å². The van der Waals surface area contributed by atoms with Gasteiger partial charge < -0.3 is 9.84 Å². The van der Waals surface area contributed by atoms with Crippen LogP contribution in [0.2, 0.25) is 0 Å². The number of carboxylic acids is 1. The molecule has 0 aliphatic rings. The number of rotatable bonds is 10. The average molecular weight is 292 g/mol. The van der Waals surface area contributed by atoms with Crippen molar-refractivity contribution in [3.63, 3.8) is 0 Å². The van der Waals surface area contributed by atoms with E-state index in [4.69, 9.17) is 9.84 Å². The predicted octanol–water partition coefficient (Wildman–Crippen LogP) is 5.07. The largest absolute Gasteiger partial charge is 0.494 e. The molecule has 0 aliphatic carbocycles. The molecule has 21 heavy (non-hydrogen) atoms. The number of hydrogen-bond acceptors (Lipinski definition) is 2. The molecule has 0 unspecified atom stereocenters. The average Bonchev–Trinajstić information content (AvgIpc) is 2.51. The predicted molar refractivity (Wildman–Crippen MR) is 87.8 cm³/mol. The zero-order valence-corrected chi connectivity index (χ0v) is 13.1. The zero-order valence-electron chi connectivity index (χ0n) is 13.1. The van der Waals surface area contributed by atoms with Crippen molar-refractivity contribution < 1.29 is 14.6 Å². The van der Waals surface area contributed by atoms with Crippen molar-refractivity contribution in [3.05, 3.63) is 43.0 Å². The first kappa shape index (κ1) is 19.2. The summed E-state index contributed by atoms with van der Waals surface area (Å²) in [6, 6.07) is 10.1. The lowest BCUT2D eigenvalue weighted by Gasteiger charge is -2.05. The Morgan fingerprint density at radius 2 is 1.62 bits per heavy atom. The summed E-state index contributed by atoms with van der Waals surface area (Å²) >= 11 is 0. The first-order chi connectivity index (χ1) is 10.2. The van der Waals surface area contributed by atoms with Crippen molar-refractivity contribution in [1.82, 2.24) is 0 Å². The monoisotopic (exact) mass is 292 g/mol. The summed E-state index contributed by atoms with van der Waals surface area (Å²) in [5.74, 6) is 0.0125. The van der Waals surface area contributed by atoms with Gasteiger partial charge in [0.15, 0.2) is 0 Å². The molecule has 0 aromatic heterocycles. The van der Waals surface area contributed by atoms with Crippen molar-refractivity contribution >= 4 is 5.97 Å². The molecule has 1 rings (SSSR count). The smallest absolute Gasteiger partial charge is 0.327 e. The SMILES string of the molecule is C=CC(=O)O.CCCCCCCCCOc1ccccc1. The number of unbranched alkanes of at least 4 members (excludes halogenated alkanes) is 6. The van der Waals surface area contributed by atoms with Crippen LogP contribution < -0.4 is 4.74 Å². The van der Waals surface area contributed by atoms with E-state index in [0.29, 0.717) is 0 Å². The third kappa shape index (κ3) is 14.4. The molecule has 0 bridgehead atoms. The molecular weight excluding hydrogens is 264 g/mol. The number of hydrogen-bond donors (Lipinski definition) is 1. The second-order valence-electron chi connectivity index (χ2n) is 4.83. The highest BCUT2D eigenvalue weighted by molar-refractivity contribution is 5.78. The Hall–Kier alpha value is -1.77. The molecule has 0 heterocycles. The van der Waals surface area contributed by atoms with Crippen molar-refractivity contribution in [3.8, 4) is 5.75 Å².